The van der Waals surface area contributed by atoms with E-state index in [1.165, 1.54) is 18.3 Å². The number of hydrogen-bond acceptors (Lipinski definition) is 2. The molecule has 0 aliphatic rings. The molecule has 94 valence electrons. The zero-order valence-corrected chi connectivity index (χ0v) is 10.4. The number of nitrogens with one attached hydrogen (secondary N) is 1. The van der Waals surface area contributed by atoms with Crippen LogP contribution in [0.25, 0.3) is 0 Å². The topological polar surface area (TPSA) is 42.0 Å². The van der Waals surface area contributed by atoms with Crippen molar-refractivity contribution in [1.82, 2.24) is 4.98 Å². The average Bonchev–Trinajstić information content (AvgIpc) is 2.33. The number of anilines is 1. The van der Waals surface area contributed by atoms with Gasteiger partial charge in [-0.1, -0.05) is 26.7 Å². The van der Waals surface area contributed by atoms with Gasteiger partial charge in [0.1, 0.15) is 0 Å². The molecule has 1 unspecified atom stereocenters. The van der Waals surface area contributed by atoms with Crippen molar-refractivity contribution in [2.24, 2.45) is 5.92 Å². The fourth-order valence-electron chi connectivity index (χ4n) is 1.67. The van der Waals surface area contributed by atoms with E-state index in [0.29, 0.717) is 5.69 Å². The van der Waals surface area contributed by atoms with Crippen LogP contribution in [-0.2, 0) is 4.79 Å². The maximum atomic E-state index is 12.6. The van der Waals surface area contributed by atoms with Gasteiger partial charge in [0.15, 0.2) is 0 Å². The predicted octanol–water partition coefficient (Wildman–Crippen LogP) is 3.38. The second-order valence-corrected chi connectivity index (χ2v) is 4.11. The summed E-state index contributed by atoms with van der Waals surface area (Å²) < 4.78 is 12.6. The molecule has 1 N–H and O–H groups in total. The maximum Gasteiger partial charge on any atom is 0.227 e. The summed E-state index contributed by atoms with van der Waals surface area (Å²) in [5.41, 5.74) is 0.548. The first kappa shape index (κ1) is 13.6. The Labute approximate surface area is 101 Å². The summed E-state index contributed by atoms with van der Waals surface area (Å²) in [5, 5.41) is 2.76. The van der Waals surface area contributed by atoms with E-state index in [9.17, 15) is 9.18 Å². The molecular formula is C13H19FN2O. The Balaban J connectivity index is 2.54. The fraction of sp³-hybridized carbons (Fsp3) is 0.538. The SMILES string of the molecule is CCCCC(CC)C(=O)Nc1ccc(F)nc1. The molecule has 3 nitrogen and oxygen atoms in total. The number of nitrogens with zero attached hydrogens (tertiary/aromatic N) is 1. The minimum absolute atomic E-state index is 0.00522. The number of hydrogen-bond donors (Lipinski definition) is 1. The molecule has 0 aliphatic heterocycles. The molecule has 0 fully saturated rings. The highest BCUT2D eigenvalue weighted by Gasteiger charge is 2.15. The third-order valence-electron chi connectivity index (χ3n) is 2.76. The Hall–Kier alpha value is -1.45. The van der Waals surface area contributed by atoms with Crippen LogP contribution in [0, 0.1) is 11.9 Å². The van der Waals surface area contributed by atoms with Crippen molar-refractivity contribution in [3.05, 3.63) is 24.3 Å². The second kappa shape index (κ2) is 6.99. The highest BCUT2D eigenvalue weighted by molar-refractivity contribution is 5.92. The Morgan fingerprint density at radius 2 is 2.24 bits per heavy atom. The number of carbonyl (C=O) groups excluding carboxylic acids is 1. The lowest BCUT2D eigenvalue weighted by Crippen LogP contribution is -2.22. The van der Waals surface area contributed by atoms with E-state index in [2.05, 4.69) is 17.2 Å². The van der Waals surface area contributed by atoms with Crippen molar-refractivity contribution in [1.29, 1.82) is 0 Å². The molecule has 1 atom stereocenters. The van der Waals surface area contributed by atoms with Gasteiger partial charge in [-0.2, -0.15) is 4.39 Å². The van der Waals surface area contributed by atoms with E-state index in [4.69, 9.17) is 0 Å². The van der Waals surface area contributed by atoms with Gasteiger partial charge in [-0.25, -0.2) is 4.98 Å². The summed E-state index contributed by atoms with van der Waals surface area (Å²) >= 11 is 0. The number of rotatable bonds is 6. The van der Waals surface area contributed by atoms with Crippen molar-refractivity contribution < 1.29 is 9.18 Å². The molecule has 1 aromatic heterocycles. The number of unbranched alkanes of at least 4 members (excludes halogenated alkanes) is 1. The van der Waals surface area contributed by atoms with Gasteiger partial charge in [0.25, 0.3) is 0 Å². The Kier molecular flexibility index (Phi) is 5.60. The minimum Gasteiger partial charge on any atom is -0.324 e. The number of aromatic nitrogens is 1. The van der Waals surface area contributed by atoms with E-state index in [1.807, 2.05) is 6.92 Å². The van der Waals surface area contributed by atoms with E-state index >= 15 is 0 Å². The van der Waals surface area contributed by atoms with Gasteiger partial charge >= 0.3 is 0 Å². The standard InChI is InChI=1S/C13H19FN2O/c1-3-5-6-10(4-2)13(17)16-11-7-8-12(14)15-9-11/h7-10H,3-6H2,1-2H3,(H,16,17). The van der Waals surface area contributed by atoms with Crippen LogP contribution in [0.2, 0.25) is 0 Å². The van der Waals surface area contributed by atoms with Crippen molar-refractivity contribution in [2.45, 2.75) is 39.5 Å². The summed E-state index contributed by atoms with van der Waals surface area (Å²) in [6.45, 7) is 4.11. The van der Waals surface area contributed by atoms with Crippen LogP contribution in [0.3, 0.4) is 0 Å². The summed E-state index contributed by atoms with van der Waals surface area (Å²) in [7, 11) is 0. The lowest BCUT2D eigenvalue weighted by molar-refractivity contribution is -0.120. The number of amides is 1. The number of halogens is 1. The van der Waals surface area contributed by atoms with Crippen LogP contribution >= 0.6 is 0 Å². The molecule has 0 aromatic carbocycles. The van der Waals surface area contributed by atoms with Gasteiger partial charge in [0, 0.05) is 5.92 Å². The van der Waals surface area contributed by atoms with Crippen LogP contribution in [0.5, 0.6) is 0 Å². The molecule has 1 rings (SSSR count). The molecule has 0 bridgehead atoms. The Bertz CT molecular complexity index is 351. The fourth-order valence-corrected chi connectivity index (χ4v) is 1.67. The first-order valence-electron chi connectivity index (χ1n) is 6.09. The molecule has 4 heteroatoms. The third-order valence-corrected chi connectivity index (χ3v) is 2.76. The van der Waals surface area contributed by atoms with Gasteiger partial charge in [-0.3, -0.25) is 4.79 Å². The molecule has 0 saturated heterocycles. The summed E-state index contributed by atoms with van der Waals surface area (Å²) in [6, 6.07) is 2.76. The maximum absolute atomic E-state index is 12.6. The van der Waals surface area contributed by atoms with E-state index in [-0.39, 0.29) is 11.8 Å². The molecule has 17 heavy (non-hydrogen) atoms. The molecule has 0 radical (unpaired) electrons. The smallest absolute Gasteiger partial charge is 0.227 e. The number of carbonyl (C=O) groups is 1. The van der Waals surface area contributed by atoms with Gasteiger partial charge in [-0.05, 0) is 25.0 Å². The van der Waals surface area contributed by atoms with Crippen LogP contribution in [0.4, 0.5) is 10.1 Å². The monoisotopic (exact) mass is 238 g/mol. The molecule has 1 aromatic rings. The molecule has 0 aliphatic carbocycles. The van der Waals surface area contributed by atoms with Crippen LogP contribution in [0.1, 0.15) is 39.5 Å². The van der Waals surface area contributed by atoms with Crippen LogP contribution in [0.15, 0.2) is 18.3 Å². The quantitative estimate of drug-likeness (QED) is 0.772. The van der Waals surface area contributed by atoms with Crippen molar-refractivity contribution in [2.75, 3.05) is 5.32 Å². The van der Waals surface area contributed by atoms with Gasteiger partial charge in [-0.15, -0.1) is 0 Å². The molecule has 0 spiro atoms. The lowest BCUT2D eigenvalue weighted by atomic mass is 9.98. The van der Waals surface area contributed by atoms with E-state index in [0.717, 1.165) is 25.7 Å². The largest absolute Gasteiger partial charge is 0.324 e. The van der Waals surface area contributed by atoms with E-state index in [1.54, 1.807) is 0 Å². The van der Waals surface area contributed by atoms with Gasteiger partial charge in [0.2, 0.25) is 11.9 Å². The third kappa shape index (κ3) is 4.51. The zero-order valence-electron chi connectivity index (χ0n) is 10.4. The zero-order chi connectivity index (χ0) is 12.7. The summed E-state index contributed by atoms with van der Waals surface area (Å²) in [5.74, 6) is -0.518. The highest BCUT2D eigenvalue weighted by atomic mass is 19.1. The van der Waals surface area contributed by atoms with Crippen molar-refractivity contribution in [3.8, 4) is 0 Å². The van der Waals surface area contributed by atoms with Crippen LogP contribution < -0.4 is 5.32 Å². The van der Waals surface area contributed by atoms with Crippen LogP contribution in [-0.4, -0.2) is 10.9 Å². The molecule has 1 heterocycles. The normalized spacial score (nSPS) is 12.2. The number of pyridine rings is 1. The van der Waals surface area contributed by atoms with E-state index < -0.39 is 5.95 Å². The van der Waals surface area contributed by atoms with Crippen molar-refractivity contribution >= 4 is 11.6 Å². The van der Waals surface area contributed by atoms with Gasteiger partial charge < -0.3 is 5.32 Å². The Morgan fingerprint density at radius 3 is 2.76 bits per heavy atom. The minimum atomic E-state index is -0.541. The summed E-state index contributed by atoms with van der Waals surface area (Å²) in [4.78, 5) is 15.4. The predicted molar refractivity (Wildman–Crippen MR) is 66.1 cm³/mol. The van der Waals surface area contributed by atoms with Crippen molar-refractivity contribution in [3.63, 3.8) is 0 Å². The first-order valence-corrected chi connectivity index (χ1v) is 6.09. The summed E-state index contributed by atoms with van der Waals surface area (Å²) in [6.07, 6.45) is 5.18. The molecule has 0 saturated carbocycles. The van der Waals surface area contributed by atoms with Gasteiger partial charge in [0.05, 0.1) is 11.9 Å². The average molecular weight is 238 g/mol. The highest BCUT2D eigenvalue weighted by Crippen LogP contribution is 2.15. The molecular weight excluding hydrogens is 219 g/mol. The molecule has 1 amide bonds. The lowest BCUT2D eigenvalue weighted by Gasteiger charge is -2.14. The second-order valence-electron chi connectivity index (χ2n) is 4.11. The Morgan fingerprint density at radius 1 is 1.47 bits per heavy atom. The first-order chi connectivity index (χ1) is 8.17.